The standard InChI is InChI=1S/C12H24N2O3/c1-2-17-12(16)10-14-7-3-5-11(9-14)13-6-4-8-15/h11,13,15H,2-10H2,1H3. The summed E-state index contributed by atoms with van der Waals surface area (Å²) in [6.45, 7) is 5.60. The van der Waals surface area contributed by atoms with E-state index in [9.17, 15) is 4.79 Å². The zero-order valence-electron chi connectivity index (χ0n) is 10.7. The highest BCUT2D eigenvalue weighted by Gasteiger charge is 2.21. The minimum atomic E-state index is -0.136. The Hall–Kier alpha value is -0.650. The topological polar surface area (TPSA) is 61.8 Å². The lowest BCUT2D eigenvalue weighted by atomic mass is 10.1. The molecule has 1 saturated heterocycles. The van der Waals surface area contributed by atoms with E-state index < -0.39 is 0 Å². The first-order chi connectivity index (χ1) is 8.26. The van der Waals surface area contributed by atoms with Crippen molar-refractivity contribution >= 4 is 5.97 Å². The van der Waals surface area contributed by atoms with Crippen LogP contribution in [0, 0.1) is 0 Å². The third-order valence-electron chi connectivity index (χ3n) is 2.93. The van der Waals surface area contributed by atoms with Crippen molar-refractivity contribution in [2.75, 3.05) is 39.4 Å². The minimum absolute atomic E-state index is 0.136. The number of likely N-dealkylation sites (tertiary alicyclic amines) is 1. The van der Waals surface area contributed by atoms with Crippen molar-refractivity contribution in [3.63, 3.8) is 0 Å². The minimum Gasteiger partial charge on any atom is -0.465 e. The summed E-state index contributed by atoms with van der Waals surface area (Å²) in [6, 6.07) is 0.435. The van der Waals surface area contributed by atoms with E-state index in [0.717, 1.165) is 38.9 Å². The van der Waals surface area contributed by atoms with Gasteiger partial charge in [-0.3, -0.25) is 9.69 Å². The normalized spacial score (nSPS) is 21.4. The highest BCUT2D eigenvalue weighted by Crippen LogP contribution is 2.09. The van der Waals surface area contributed by atoms with E-state index in [-0.39, 0.29) is 12.6 Å². The van der Waals surface area contributed by atoms with Crippen molar-refractivity contribution in [3.8, 4) is 0 Å². The van der Waals surface area contributed by atoms with Crippen LogP contribution in [0.1, 0.15) is 26.2 Å². The second kappa shape index (κ2) is 8.44. The molecule has 17 heavy (non-hydrogen) atoms. The Bertz CT molecular complexity index is 224. The molecule has 0 amide bonds. The van der Waals surface area contributed by atoms with Gasteiger partial charge in [-0.25, -0.2) is 0 Å². The molecule has 0 spiro atoms. The van der Waals surface area contributed by atoms with Crippen LogP contribution >= 0.6 is 0 Å². The molecule has 0 aromatic carbocycles. The highest BCUT2D eigenvalue weighted by molar-refractivity contribution is 5.71. The van der Waals surface area contributed by atoms with Crippen molar-refractivity contribution in [2.24, 2.45) is 0 Å². The van der Waals surface area contributed by atoms with E-state index in [1.807, 2.05) is 6.92 Å². The molecule has 5 heteroatoms. The van der Waals surface area contributed by atoms with Crippen LogP contribution in [0.25, 0.3) is 0 Å². The number of hydrogen-bond acceptors (Lipinski definition) is 5. The maximum Gasteiger partial charge on any atom is 0.320 e. The van der Waals surface area contributed by atoms with Gasteiger partial charge < -0.3 is 15.2 Å². The lowest BCUT2D eigenvalue weighted by Gasteiger charge is -2.32. The number of hydrogen-bond donors (Lipinski definition) is 2. The highest BCUT2D eigenvalue weighted by atomic mass is 16.5. The van der Waals surface area contributed by atoms with Crippen LogP contribution in [0.15, 0.2) is 0 Å². The summed E-state index contributed by atoms with van der Waals surface area (Å²) in [7, 11) is 0. The van der Waals surface area contributed by atoms with Crippen molar-refractivity contribution < 1.29 is 14.6 Å². The average molecular weight is 244 g/mol. The summed E-state index contributed by atoms with van der Waals surface area (Å²) in [5.41, 5.74) is 0. The number of carbonyl (C=O) groups is 1. The molecule has 1 aliphatic rings. The van der Waals surface area contributed by atoms with Crippen LogP contribution in [0.5, 0.6) is 0 Å². The van der Waals surface area contributed by atoms with Crippen molar-refractivity contribution in [1.29, 1.82) is 0 Å². The van der Waals surface area contributed by atoms with Gasteiger partial charge in [-0.15, -0.1) is 0 Å². The molecular formula is C12H24N2O3. The summed E-state index contributed by atoms with van der Waals surface area (Å²) in [5.74, 6) is -0.136. The summed E-state index contributed by atoms with van der Waals surface area (Å²) < 4.78 is 4.94. The number of ether oxygens (including phenoxy) is 1. The molecular weight excluding hydrogens is 220 g/mol. The predicted molar refractivity (Wildman–Crippen MR) is 65.8 cm³/mol. The van der Waals surface area contributed by atoms with Crippen molar-refractivity contribution in [3.05, 3.63) is 0 Å². The Morgan fingerprint density at radius 3 is 3.12 bits per heavy atom. The number of piperidine rings is 1. The molecule has 1 fully saturated rings. The Kier molecular flexibility index (Phi) is 7.16. The van der Waals surface area contributed by atoms with E-state index in [1.165, 1.54) is 0 Å². The fraction of sp³-hybridized carbons (Fsp3) is 0.917. The first-order valence-corrected chi connectivity index (χ1v) is 6.48. The monoisotopic (exact) mass is 244 g/mol. The molecule has 0 aromatic rings. The molecule has 1 rings (SSSR count). The Morgan fingerprint density at radius 2 is 2.41 bits per heavy atom. The molecule has 0 aromatic heterocycles. The molecule has 1 heterocycles. The van der Waals surface area contributed by atoms with Gasteiger partial charge in [0.25, 0.3) is 0 Å². The first-order valence-electron chi connectivity index (χ1n) is 6.48. The second-order valence-corrected chi connectivity index (χ2v) is 4.41. The average Bonchev–Trinajstić information content (AvgIpc) is 2.30. The number of nitrogens with zero attached hydrogens (tertiary/aromatic N) is 1. The van der Waals surface area contributed by atoms with Crippen LogP contribution in [0.2, 0.25) is 0 Å². The lowest BCUT2D eigenvalue weighted by molar-refractivity contribution is -0.144. The van der Waals surface area contributed by atoms with Crippen molar-refractivity contribution in [2.45, 2.75) is 32.2 Å². The summed E-state index contributed by atoms with van der Waals surface area (Å²) in [6.07, 6.45) is 3.04. The molecule has 1 aliphatic heterocycles. The fourth-order valence-corrected chi connectivity index (χ4v) is 2.14. The van der Waals surface area contributed by atoms with E-state index >= 15 is 0 Å². The van der Waals surface area contributed by atoms with Gasteiger partial charge in [0.15, 0.2) is 0 Å². The molecule has 0 bridgehead atoms. The van der Waals surface area contributed by atoms with Crippen LogP contribution in [-0.4, -0.2) is 61.4 Å². The molecule has 2 N–H and O–H groups in total. The third kappa shape index (κ3) is 6.00. The van der Waals surface area contributed by atoms with E-state index in [4.69, 9.17) is 9.84 Å². The van der Waals surface area contributed by atoms with Crippen LogP contribution < -0.4 is 5.32 Å². The van der Waals surface area contributed by atoms with Crippen LogP contribution in [0.3, 0.4) is 0 Å². The number of rotatable bonds is 7. The van der Waals surface area contributed by atoms with Gasteiger partial charge in [0.1, 0.15) is 0 Å². The van der Waals surface area contributed by atoms with Gasteiger partial charge in [-0.05, 0) is 39.3 Å². The van der Waals surface area contributed by atoms with Gasteiger partial charge in [0, 0.05) is 19.2 Å². The number of aliphatic hydroxyl groups is 1. The fourth-order valence-electron chi connectivity index (χ4n) is 2.14. The van der Waals surface area contributed by atoms with Gasteiger partial charge in [0.05, 0.1) is 13.2 Å². The maximum atomic E-state index is 11.4. The molecule has 0 saturated carbocycles. The molecule has 100 valence electrons. The number of carbonyl (C=O) groups excluding carboxylic acids is 1. The molecule has 5 nitrogen and oxygen atoms in total. The maximum absolute atomic E-state index is 11.4. The van der Waals surface area contributed by atoms with Gasteiger partial charge in [-0.2, -0.15) is 0 Å². The largest absolute Gasteiger partial charge is 0.465 e. The SMILES string of the molecule is CCOC(=O)CN1CCCC(NCCCO)C1. The predicted octanol–water partition coefficient (Wildman–Crippen LogP) is -0.0141. The third-order valence-corrected chi connectivity index (χ3v) is 2.93. The van der Waals surface area contributed by atoms with Crippen molar-refractivity contribution in [1.82, 2.24) is 10.2 Å². The number of esters is 1. The smallest absolute Gasteiger partial charge is 0.320 e. The van der Waals surface area contributed by atoms with Gasteiger partial charge in [-0.1, -0.05) is 0 Å². The van der Waals surface area contributed by atoms with Gasteiger partial charge >= 0.3 is 5.97 Å². The van der Waals surface area contributed by atoms with E-state index in [2.05, 4.69) is 10.2 Å². The summed E-state index contributed by atoms with van der Waals surface area (Å²) >= 11 is 0. The summed E-state index contributed by atoms with van der Waals surface area (Å²) in [5, 5.41) is 12.1. The molecule has 1 atom stereocenters. The number of nitrogens with one attached hydrogen (secondary N) is 1. The first kappa shape index (κ1) is 14.4. The zero-order valence-corrected chi connectivity index (χ0v) is 10.7. The molecule has 1 unspecified atom stereocenters. The van der Waals surface area contributed by atoms with Gasteiger partial charge in [0.2, 0.25) is 0 Å². The van der Waals surface area contributed by atoms with E-state index in [1.54, 1.807) is 0 Å². The van der Waals surface area contributed by atoms with E-state index in [0.29, 0.717) is 19.2 Å². The quantitative estimate of drug-likeness (QED) is 0.487. The molecule has 0 aliphatic carbocycles. The summed E-state index contributed by atoms with van der Waals surface area (Å²) in [4.78, 5) is 13.5. The Balaban J connectivity index is 2.21. The Morgan fingerprint density at radius 1 is 1.59 bits per heavy atom. The van der Waals surface area contributed by atoms with Crippen LogP contribution in [0.4, 0.5) is 0 Å². The molecule has 0 radical (unpaired) electrons. The number of aliphatic hydroxyl groups excluding tert-OH is 1. The zero-order chi connectivity index (χ0) is 12.5. The van der Waals surface area contributed by atoms with Crippen LogP contribution in [-0.2, 0) is 9.53 Å². The lowest BCUT2D eigenvalue weighted by Crippen LogP contribution is -2.47. The second-order valence-electron chi connectivity index (χ2n) is 4.41. The Labute approximate surface area is 103 Å².